The number of amides is 1. The predicted octanol–water partition coefficient (Wildman–Crippen LogP) is 2.45. The van der Waals surface area contributed by atoms with Crippen molar-refractivity contribution in [3.63, 3.8) is 0 Å². The predicted molar refractivity (Wildman–Crippen MR) is 68.2 cm³/mol. The van der Waals surface area contributed by atoms with Gasteiger partial charge in [-0.2, -0.15) is 0 Å². The van der Waals surface area contributed by atoms with Gasteiger partial charge in [0.15, 0.2) is 0 Å². The van der Waals surface area contributed by atoms with E-state index in [-0.39, 0.29) is 12.1 Å². The molecule has 0 radical (unpaired) electrons. The first-order valence-electron chi connectivity index (χ1n) is 6.26. The second kappa shape index (κ2) is 4.59. The van der Waals surface area contributed by atoms with E-state index in [1.165, 1.54) is 0 Å². The topological polar surface area (TPSA) is 46.6 Å². The molecule has 98 valence electrons. The van der Waals surface area contributed by atoms with Crippen molar-refractivity contribution in [1.82, 2.24) is 4.90 Å². The molecule has 0 aromatic heterocycles. The lowest BCUT2D eigenvalue weighted by molar-refractivity contribution is -0.105. The Morgan fingerprint density at radius 3 is 2.78 bits per heavy atom. The van der Waals surface area contributed by atoms with Crippen LogP contribution in [0.3, 0.4) is 0 Å². The number of hydrogen-bond acceptors (Lipinski definition) is 3. The third kappa shape index (κ3) is 2.47. The molecule has 1 heterocycles. The molecule has 0 N–H and O–H groups in total. The zero-order valence-corrected chi connectivity index (χ0v) is 11.1. The number of hydrogen-bond donors (Lipinski definition) is 0. The summed E-state index contributed by atoms with van der Waals surface area (Å²) in [5.74, 6) is 0. The van der Waals surface area contributed by atoms with E-state index in [9.17, 15) is 9.59 Å². The molecule has 0 bridgehead atoms. The number of carbonyl (C=O) groups is 2. The minimum atomic E-state index is -0.514. The van der Waals surface area contributed by atoms with Gasteiger partial charge in [-0.25, -0.2) is 4.79 Å². The lowest BCUT2D eigenvalue weighted by Crippen LogP contribution is -2.43. The van der Waals surface area contributed by atoms with Gasteiger partial charge in [-0.3, -0.25) is 9.69 Å². The highest BCUT2D eigenvalue weighted by atomic mass is 16.6. The monoisotopic (exact) mass is 249 g/mol. The van der Waals surface area contributed by atoms with E-state index < -0.39 is 5.60 Å². The van der Waals surface area contributed by atoms with Crippen molar-refractivity contribution in [2.75, 3.05) is 6.54 Å². The van der Waals surface area contributed by atoms with Crippen LogP contribution in [-0.2, 0) is 9.53 Å². The van der Waals surface area contributed by atoms with Gasteiger partial charge < -0.3 is 4.74 Å². The fraction of sp³-hybridized carbons (Fsp3) is 0.571. The maximum absolute atomic E-state index is 12.1. The quantitative estimate of drug-likeness (QED) is 0.529. The van der Waals surface area contributed by atoms with Gasteiger partial charge in [-0.1, -0.05) is 12.2 Å². The molecule has 0 saturated carbocycles. The summed E-state index contributed by atoms with van der Waals surface area (Å²) in [4.78, 5) is 24.8. The van der Waals surface area contributed by atoms with Crippen molar-refractivity contribution in [1.29, 1.82) is 0 Å². The molecule has 0 fully saturated rings. The van der Waals surface area contributed by atoms with Gasteiger partial charge in [0.25, 0.3) is 0 Å². The van der Waals surface area contributed by atoms with Crippen molar-refractivity contribution in [3.8, 4) is 0 Å². The maximum atomic E-state index is 12.1. The smallest absolute Gasteiger partial charge is 0.411 e. The number of fused-ring (bicyclic) bond motifs is 1. The van der Waals surface area contributed by atoms with Gasteiger partial charge in [0, 0.05) is 12.1 Å². The normalized spacial score (nSPS) is 23.1. The molecule has 1 amide bonds. The molecule has 1 atom stereocenters. The fourth-order valence-corrected chi connectivity index (χ4v) is 2.40. The molecule has 1 aliphatic carbocycles. The summed E-state index contributed by atoms with van der Waals surface area (Å²) in [5.41, 5.74) is 1.32. The van der Waals surface area contributed by atoms with Gasteiger partial charge in [-0.15, -0.1) is 0 Å². The van der Waals surface area contributed by atoms with E-state index in [0.717, 1.165) is 24.7 Å². The van der Waals surface area contributed by atoms with E-state index in [1.54, 1.807) is 4.90 Å². The van der Waals surface area contributed by atoms with Crippen LogP contribution in [-0.4, -0.2) is 35.5 Å². The summed E-state index contributed by atoms with van der Waals surface area (Å²) in [7, 11) is 0. The summed E-state index contributed by atoms with van der Waals surface area (Å²) in [6.07, 6.45) is 6.23. The Hall–Kier alpha value is -1.58. The summed E-state index contributed by atoms with van der Waals surface area (Å²) in [5, 5.41) is 0. The van der Waals surface area contributed by atoms with E-state index in [2.05, 4.69) is 0 Å². The number of carbonyl (C=O) groups excluding carboxylic acids is 2. The molecular weight excluding hydrogens is 230 g/mol. The minimum Gasteiger partial charge on any atom is -0.444 e. The van der Waals surface area contributed by atoms with Crippen LogP contribution >= 0.6 is 0 Å². The van der Waals surface area contributed by atoms with Crippen LogP contribution in [0.5, 0.6) is 0 Å². The number of rotatable bonds is 1. The lowest BCUT2D eigenvalue weighted by Gasteiger charge is -2.31. The number of allylic oxidation sites excluding steroid dienone is 1. The number of nitrogens with zero attached hydrogens (tertiary/aromatic N) is 1. The van der Waals surface area contributed by atoms with E-state index in [0.29, 0.717) is 12.1 Å². The van der Waals surface area contributed by atoms with Crippen LogP contribution in [0.1, 0.15) is 33.6 Å². The molecule has 1 aliphatic heterocycles. The highest BCUT2D eigenvalue weighted by molar-refractivity contribution is 5.81. The molecule has 0 spiro atoms. The highest BCUT2D eigenvalue weighted by Crippen LogP contribution is 2.32. The summed E-state index contributed by atoms with van der Waals surface area (Å²) in [6, 6.07) is -0.203. The number of ether oxygens (including phenoxy) is 1. The third-order valence-electron chi connectivity index (χ3n) is 3.11. The third-order valence-corrected chi connectivity index (χ3v) is 3.11. The molecule has 0 aromatic rings. The molecule has 1 unspecified atom stereocenters. The van der Waals surface area contributed by atoms with E-state index in [4.69, 9.17) is 4.74 Å². The van der Waals surface area contributed by atoms with Crippen LogP contribution in [0, 0.1) is 0 Å². The van der Waals surface area contributed by atoms with Gasteiger partial charge in [0.1, 0.15) is 11.9 Å². The molecule has 2 rings (SSSR count). The summed E-state index contributed by atoms with van der Waals surface area (Å²) < 4.78 is 5.37. The first-order valence-corrected chi connectivity index (χ1v) is 6.26. The molecular formula is C14H19NO3. The Kier molecular flexibility index (Phi) is 3.28. The standard InChI is InChI=1S/C14H19NO3/c1-14(2,3)18-13(17)15-8-7-10-5-4-6-11(9-16)12(10)15/h6-7,9,12H,4-5,8H2,1-3H3. The molecule has 4 nitrogen and oxygen atoms in total. The molecule has 4 heteroatoms. The number of aldehydes is 1. The molecule has 0 saturated heterocycles. The largest absolute Gasteiger partial charge is 0.444 e. The van der Waals surface area contributed by atoms with Gasteiger partial charge in [0.2, 0.25) is 0 Å². The van der Waals surface area contributed by atoms with Gasteiger partial charge >= 0.3 is 6.09 Å². The zero-order valence-electron chi connectivity index (χ0n) is 11.1. The van der Waals surface area contributed by atoms with Crippen LogP contribution in [0.25, 0.3) is 0 Å². The Bertz CT molecular complexity index is 429. The summed E-state index contributed by atoms with van der Waals surface area (Å²) in [6.45, 7) is 6.05. The van der Waals surface area contributed by atoms with Gasteiger partial charge in [0.05, 0.1) is 6.04 Å². The van der Waals surface area contributed by atoms with E-state index in [1.807, 2.05) is 32.9 Å². The molecule has 2 aliphatic rings. The van der Waals surface area contributed by atoms with Gasteiger partial charge in [-0.05, 0) is 39.2 Å². The Morgan fingerprint density at radius 1 is 1.44 bits per heavy atom. The molecule has 18 heavy (non-hydrogen) atoms. The maximum Gasteiger partial charge on any atom is 0.411 e. The Balaban J connectivity index is 2.17. The van der Waals surface area contributed by atoms with Crippen LogP contribution < -0.4 is 0 Å². The van der Waals surface area contributed by atoms with Crippen LogP contribution in [0.2, 0.25) is 0 Å². The van der Waals surface area contributed by atoms with Crippen molar-refractivity contribution in [2.45, 2.75) is 45.3 Å². The Morgan fingerprint density at radius 2 is 2.17 bits per heavy atom. The zero-order chi connectivity index (χ0) is 13.3. The first-order chi connectivity index (χ1) is 8.42. The average Bonchev–Trinajstić information content (AvgIpc) is 2.70. The van der Waals surface area contributed by atoms with Crippen molar-refractivity contribution < 1.29 is 14.3 Å². The average molecular weight is 249 g/mol. The highest BCUT2D eigenvalue weighted by Gasteiger charge is 2.37. The molecule has 0 aromatic carbocycles. The van der Waals surface area contributed by atoms with Crippen molar-refractivity contribution >= 4 is 12.4 Å². The second-order valence-corrected chi connectivity index (χ2v) is 5.67. The second-order valence-electron chi connectivity index (χ2n) is 5.67. The van der Waals surface area contributed by atoms with Crippen molar-refractivity contribution in [2.24, 2.45) is 0 Å². The van der Waals surface area contributed by atoms with E-state index >= 15 is 0 Å². The minimum absolute atomic E-state index is 0.203. The Labute approximate surface area is 107 Å². The van der Waals surface area contributed by atoms with Crippen LogP contribution in [0.15, 0.2) is 23.3 Å². The fourth-order valence-electron chi connectivity index (χ4n) is 2.40. The summed E-state index contributed by atoms with van der Waals surface area (Å²) >= 11 is 0. The first kappa shape index (κ1) is 12.9. The van der Waals surface area contributed by atoms with Crippen molar-refractivity contribution in [3.05, 3.63) is 23.3 Å². The lowest BCUT2D eigenvalue weighted by atomic mass is 9.91. The SMILES string of the molecule is CC(C)(C)OC(=O)N1CC=C2CCC=C(C=O)C21. The van der Waals surface area contributed by atoms with Crippen LogP contribution in [0.4, 0.5) is 4.79 Å².